The van der Waals surface area contributed by atoms with E-state index in [-0.39, 0.29) is 18.3 Å². The monoisotopic (exact) mass is 349 g/mol. The van der Waals surface area contributed by atoms with E-state index in [2.05, 4.69) is 10.4 Å². The summed E-state index contributed by atoms with van der Waals surface area (Å²) in [5.74, 6) is -0.615. The van der Waals surface area contributed by atoms with Gasteiger partial charge in [0.25, 0.3) is 5.91 Å². The van der Waals surface area contributed by atoms with Gasteiger partial charge in [-0.25, -0.2) is 9.31 Å². The normalized spacial score (nSPS) is 11.0. The molecule has 4 aromatic rings. The van der Waals surface area contributed by atoms with Crippen LogP contribution in [0.3, 0.4) is 0 Å². The number of hydrogen-bond donors (Lipinski definition) is 1. The number of hydrogen-bond acceptors (Lipinski definition) is 5. The molecule has 26 heavy (non-hydrogen) atoms. The van der Waals surface area contributed by atoms with Gasteiger partial charge in [-0.05, 0) is 31.2 Å². The SMILES string of the molecule is CCOC(=O)c1cnn2ccc(NC(=O)c3cc4ccccc4o3)cc12. The predicted molar refractivity (Wildman–Crippen MR) is 95.3 cm³/mol. The van der Waals surface area contributed by atoms with Gasteiger partial charge in [-0.1, -0.05) is 18.2 Å². The lowest BCUT2D eigenvalue weighted by atomic mass is 10.2. The summed E-state index contributed by atoms with van der Waals surface area (Å²) in [5.41, 5.74) is 2.06. The van der Waals surface area contributed by atoms with E-state index in [9.17, 15) is 9.59 Å². The molecule has 0 atom stereocenters. The highest BCUT2D eigenvalue weighted by molar-refractivity contribution is 6.05. The number of carbonyl (C=O) groups is 2. The van der Waals surface area contributed by atoms with E-state index >= 15 is 0 Å². The van der Waals surface area contributed by atoms with Gasteiger partial charge in [-0.2, -0.15) is 5.10 Å². The molecule has 7 heteroatoms. The second kappa shape index (κ2) is 6.36. The molecule has 0 aliphatic rings. The molecule has 0 spiro atoms. The molecule has 3 aromatic heterocycles. The zero-order valence-corrected chi connectivity index (χ0v) is 13.9. The second-order valence-corrected chi connectivity index (χ2v) is 5.63. The topological polar surface area (TPSA) is 85.8 Å². The fourth-order valence-electron chi connectivity index (χ4n) is 2.71. The van der Waals surface area contributed by atoms with Crippen molar-refractivity contribution in [3.05, 3.63) is 66.2 Å². The first-order valence-corrected chi connectivity index (χ1v) is 8.10. The summed E-state index contributed by atoms with van der Waals surface area (Å²) in [6.07, 6.45) is 3.10. The molecule has 0 bridgehead atoms. The van der Waals surface area contributed by atoms with Crippen LogP contribution >= 0.6 is 0 Å². The van der Waals surface area contributed by atoms with Gasteiger partial charge in [0.2, 0.25) is 0 Å². The third-order valence-corrected chi connectivity index (χ3v) is 3.92. The molecule has 1 aromatic carbocycles. The van der Waals surface area contributed by atoms with Crippen molar-refractivity contribution >= 4 is 34.0 Å². The zero-order valence-electron chi connectivity index (χ0n) is 13.9. The number of carbonyl (C=O) groups excluding carboxylic acids is 2. The Balaban J connectivity index is 1.63. The van der Waals surface area contributed by atoms with Gasteiger partial charge in [-0.3, -0.25) is 4.79 Å². The van der Waals surface area contributed by atoms with Crippen molar-refractivity contribution in [1.29, 1.82) is 0 Å². The van der Waals surface area contributed by atoms with Crippen LogP contribution in [0.25, 0.3) is 16.5 Å². The number of furan rings is 1. The molecular formula is C19H15N3O4. The third kappa shape index (κ3) is 2.79. The van der Waals surface area contributed by atoms with Crippen LogP contribution in [0.1, 0.15) is 27.8 Å². The smallest absolute Gasteiger partial charge is 0.341 e. The summed E-state index contributed by atoms with van der Waals surface area (Å²) >= 11 is 0. The fourth-order valence-corrected chi connectivity index (χ4v) is 2.71. The van der Waals surface area contributed by atoms with Gasteiger partial charge in [-0.15, -0.1) is 0 Å². The maximum Gasteiger partial charge on any atom is 0.341 e. The van der Waals surface area contributed by atoms with E-state index < -0.39 is 5.97 Å². The third-order valence-electron chi connectivity index (χ3n) is 3.92. The largest absolute Gasteiger partial charge is 0.462 e. The second-order valence-electron chi connectivity index (χ2n) is 5.63. The van der Waals surface area contributed by atoms with Crippen LogP contribution in [0.5, 0.6) is 0 Å². The van der Waals surface area contributed by atoms with E-state index in [1.165, 1.54) is 6.20 Å². The maximum atomic E-state index is 12.5. The molecule has 0 radical (unpaired) electrons. The zero-order chi connectivity index (χ0) is 18.1. The van der Waals surface area contributed by atoms with Gasteiger partial charge in [0, 0.05) is 17.3 Å². The molecule has 0 aliphatic heterocycles. The summed E-state index contributed by atoms with van der Waals surface area (Å²) in [4.78, 5) is 24.5. The quantitative estimate of drug-likeness (QED) is 0.570. The van der Waals surface area contributed by atoms with Crippen LogP contribution in [0.4, 0.5) is 5.69 Å². The van der Waals surface area contributed by atoms with Crippen LogP contribution in [-0.2, 0) is 4.74 Å². The number of nitrogens with zero attached hydrogens (tertiary/aromatic N) is 2. The first-order chi connectivity index (χ1) is 12.7. The Bertz CT molecular complexity index is 1090. The lowest BCUT2D eigenvalue weighted by Gasteiger charge is -2.05. The van der Waals surface area contributed by atoms with Crippen molar-refractivity contribution in [3.8, 4) is 0 Å². The van der Waals surface area contributed by atoms with Crippen molar-refractivity contribution in [1.82, 2.24) is 9.61 Å². The number of aromatic nitrogens is 2. The molecule has 1 N–H and O–H groups in total. The number of nitrogens with one attached hydrogen (secondary N) is 1. The lowest BCUT2D eigenvalue weighted by Crippen LogP contribution is -2.11. The minimum Gasteiger partial charge on any atom is -0.462 e. The van der Waals surface area contributed by atoms with Gasteiger partial charge < -0.3 is 14.5 Å². The molecule has 130 valence electrons. The van der Waals surface area contributed by atoms with E-state index in [4.69, 9.17) is 9.15 Å². The average Bonchev–Trinajstić information content (AvgIpc) is 3.25. The number of ether oxygens (including phenoxy) is 1. The van der Waals surface area contributed by atoms with E-state index in [1.54, 1.807) is 41.9 Å². The number of anilines is 1. The standard InChI is InChI=1S/C19H15N3O4/c1-2-25-19(24)14-11-20-22-8-7-13(10-15(14)22)21-18(23)17-9-12-5-3-4-6-16(12)26-17/h3-11H,2H2,1H3,(H,21,23). The fraction of sp³-hybridized carbons (Fsp3) is 0.105. The van der Waals surface area contributed by atoms with Gasteiger partial charge in [0.1, 0.15) is 11.1 Å². The molecule has 0 unspecified atom stereocenters. The Kier molecular flexibility index (Phi) is 3.89. The number of esters is 1. The van der Waals surface area contributed by atoms with Crippen molar-refractivity contribution in [2.75, 3.05) is 11.9 Å². The molecular weight excluding hydrogens is 334 g/mol. The highest BCUT2D eigenvalue weighted by Gasteiger charge is 2.16. The number of fused-ring (bicyclic) bond motifs is 2. The average molecular weight is 349 g/mol. The molecule has 0 saturated carbocycles. The molecule has 0 fully saturated rings. The molecule has 4 rings (SSSR count). The summed E-state index contributed by atoms with van der Waals surface area (Å²) < 4.78 is 12.1. The van der Waals surface area contributed by atoms with E-state index in [0.717, 1.165) is 5.39 Å². The summed E-state index contributed by atoms with van der Waals surface area (Å²) in [5, 5.41) is 7.74. The van der Waals surface area contributed by atoms with E-state index in [1.807, 2.05) is 18.2 Å². The highest BCUT2D eigenvalue weighted by Crippen LogP contribution is 2.21. The molecule has 7 nitrogen and oxygen atoms in total. The van der Waals surface area contributed by atoms with Crippen molar-refractivity contribution in [2.24, 2.45) is 0 Å². The molecule has 0 saturated heterocycles. The molecule has 0 aliphatic carbocycles. The molecule has 3 heterocycles. The Hall–Kier alpha value is -3.61. The van der Waals surface area contributed by atoms with Crippen LogP contribution in [0.2, 0.25) is 0 Å². The minimum atomic E-state index is -0.455. The number of amides is 1. The first kappa shape index (κ1) is 15.9. The number of para-hydroxylation sites is 1. The number of rotatable bonds is 4. The van der Waals surface area contributed by atoms with Crippen LogP contribution < -0.4 is 5.32 Å². The summed E-state index contributed by atoms with van der Waals surface area (Å²) in [7, 11) is 0. The van der Waals surface area contributed by atoms with Crippen molar-refractivity contribution in [2.45, 2.75) is 6.92 Å². The minimum absolute atomic E-state index is 0.213. The Morgan fingerprint density at radius 2 is 2.08 bits per heavy atom. The maximum absolute atomic E-state index is 12.5. The van der Waals surface area contributed by atoms with E-state index in [0.29, 0.717) is 22.4 Å². The van der Waals surface area contributed by atoms with Crippen LogP contribution in [0.15, 0.2) is 59.3 Å². The highest BCUT2D eigenvalue weighted by atomic mass is 16.5. The first-order valence-electron chi connectivity index (χ1n) is 8.10. The lowest BCUT2D eigenvalue weighted by molar-refractivity contribution is 0.0528. The van der Waals surface area contributed by atoms with Gasteiger partial charge in [0.05, 0.1) is 18.3 Å². The Morgan fingerprint density at radius 1 is 1.23 bits per heavy atom. The number of benzene rings is 1. The van der Waals surface area contributed by atoms with Crippen LogP contribution in [0, 0.1) is 0 Å². The Morgan fingerprint density at radius 3 is 2.88 bits per heavy atom. The predicted octanol–water partition coefficient (Wildman–Crippen LogP) is 3.51. The summed E-state index contributed by atoms with van der Waals surface area (Å²) in [6.45, 7) is 2.02. The van der Waals surface area contributed by atoms with Gasteiger partial charge >= 0.3 is 5.97 Å². The summed E-state index contributed by atoms with van der Waals surface area (Å²) in [6, 6.07) is 12.4. The van der Waals surface area contributed by atoms with Gasteiger partial charge in [0.15, 0.2) is 5.76 Å². The number of pyridine rings is 1. The Labute approximate surface area is 148 Å². The van der Waals surface area contributed by atoms with Crippen molar-refractivity contribution < 1.29 is 18.7 Å². The van der Waals surface area contributed by atoms with Crippen molar-refractivity contribution in [3.63, 3.8) is 0 Å². The molecule has 1 amide bonds. The van der Waals surface area contributed by atoms with Crippen LogP contribution in [-0.4, -0.2) is 28.1 Å².